The molecule has 2 unspecified atom stereocenters. The van der Waals surface area contributed by atoms with Crippen LogP contribution in [-0.2, 0) is 37.9 Å². The second kappa shape index (κ2) is 16.7. The van der Waals surface area contributed by atoms with Crippen LogP contribution in [0.2, 0.25) is 0 Å². The van der Waals surface area contributed by atoms with Crippen LogP contribution in [0.15, 0.2) is 97.1 Å². The smallest absolute Gasteiger partial charge is 0.254 e. The first-order chi connectivity index (χ1) is 35.7. The van der Waals surface area contributed by atoms with E-state index < -0.39 is 0 Å². The van der Waals surface area contributed by atoms with Crippen LogP contribution in [0.1, 0.15) is 213 Å². The van der Waals surface area contributed by atoms with Crippen LogP contribution >= 0.6 is 11.3 Å². The molecule has 0 saturated heterocycles. The normalized spacial score (nSPS) is 21.2. The van der Waals surface area contributed by atoms with E-state index in [0.717, 1.165) is 6.42 Å². The Balaban J connectivity index is 1.25. The molecule has 4 heterocycles. The Labute approximate surface area is 469 Å². The maximum Gasteiger partial charge on any atom is 0.254 e. The Hall–Kier alpha value is -5.26. The summed E-state index contributed by atoms with van der Waals surface area (Å²) in [6.45, 7) is 48.4. The summed E-state index contributed by atoms with van der Waals surface area (Å²) in [6, 6.07) is 40.3. The summed E-state index contributed by atoms with van der Waals surface area (Å²) in [6.07, 6.45) is 7.22. The van der Waals surface area contributed by atoms with Crippen LogP contribution in [0.3, 0.4) is 0 Å². The van der Waals surface area contributed by atoms with Gasteiger partial charge in [-0.2, -0.15) is 0 Å². The van der Waals surface area contributed by atoms with Gasteiger partial charge in [0.1, 0.15) is 0 Å². The molecule has 2 atom stereocenters. The summed E-state index contributed by atoms with van der Waals surface area (Å²) < 4.78 is 1.41. The molecule has 5 aliphatic rings. The summed E-state index contributed by atoms with van der Waals surface area (Å²) >= 11 is 2.04. The fourth-order valence-electron chi connectivity index (χ4n) is 15.0. The predicted molar refractivity (Wildman–Crippen MR) is 338 cm³/mol. The summed E-state index contributed by atoms with van der Waals surface area (Å²) in [7, 11) is 0. The van der Waals surface area contributed by atoms with Gasteiger partial charge in [-0.25, -0.2) is 0 Å². The lowest BCUT2D eigenvalue weighted by Crippen LogP contribution is -2.64. The van der Waals surface area contributed by atoms with Crippen molar-refractivity contribution in [3.05, 3.63) is 147 Å². The van der Waals surface area contributed by atoms with Gasteiger partial charge in [0, 0.05) is 44.2 Å². The molecule has 0 spiro atoms. The highest BCUT2D eigenvalue weighted by Gasteiger charge is 2.62. The molecule has 2 aliphatic carbocycles. The highest BCUT2D eigenvalue weighted by atomic mass is 32.1. The second-order valence-electron chi connectivity index (χ2n) is 30.6. The number of benzene rings is 6. The average molecular weight is 1040 g/mol. The third kappa shape index (κ3) is 7.75. The summed E-state index contributed by atoms with van der Waals surface area (Å²) in [5.41, 5.74) is 26.3. The van der Waals surface area contributed by atoms with Crippen LogP contribution in [0.4, 0.5) is 44.8 Å². The van der Waals surface area contributed by atoms with Crippen molar-refractivity contribution in [1.82, 2.24) is 0 Å². The fourth-order valence-corrected chi connectivity index (χ4v) is 16.3. The molecular weight excluding hydrogens is 950 g/mol. The molecule has 1 saturated carbocycles. The third-order valence-corrected chi connectivity index (χ3v) is 21.5. The van der Waals surface area contributed by atoms with E-state index in [1.165, 1.54) is 148 Å². The number of aryl methyl sites for hydroxylation is 2. The maximum absolute atomic E-state index is 2.96. The van der Waals surface area contributed by atoms with Crippen molar-refractivity contribution < 1.29 is 0 Å². The van der Waals surface area contributed by atoms with E-state index >= 15 is 0 Å². The van der Waals surface area contributed by atoms with Crippen LogP contribution in [0.25, 0.3) is 10.1 Å². The number of rotatable bonds is 4. The van der Waals surface area contributed by atoms with E-state index in [1.807, 2.05) is 11.3 Å². The molecule has 1 fully saturated rings. The van der Waals surface area contributed by atoms with Crippen molar-refractivity contribution in [3.8, 4) is 0 Å². The molecule has 400 valence electrons. The van der Waals surface area contributed by atoms with Crippen LogP contribution in [-0.4, -0.2) is 12.3 Å². The van der Waals surface area contributed by atoms with Gasteiger partial charge in [0.2, 0.25) is 0 Å². The lowest BCUT2D eigenvalue weighted by molar-refractivity contribution is 0.195. The van der Waals surface area contributed by atoms with Crippen molar-refractivity contribution in [2.45, 2.75) is 220 Å². The molecule has 1 aromatic heterocycles. The monoisotopic (exact) mass is 1040 g/mol. The SMILES string of the molecule is Cc1cc(C(C)(C)C)ccc1N(c1cc2c3c(c1)N1c4c(cc(C(C)(C)C)cc4C4(C)CCCCC14C)B3c1c(sc3cc4c(cc13)C(C)(C)CCC4(C)C)N2c1ccc(C(C)(C)C)cc1)c1ccc(C(C)(C)C)cc1C. The molecule has 3 aliphatic heterocycles. The molecule has 0 radical (unpaired) electrons. The Bertz CT molecular complexity index is 3530. The van der Waals surface area contributed by atoms with Gasteiger partial charge in [-0.1, -0.05) is 179 Å². The van der Waals surface area contributed by atoms with Crippen molar-refractivity contribution >= 4 is 89.3 Å². The molecule has 5 heteroatoms. The van der Waals surface area contributed by atoms with Crippen LogP contribution in [0, 0.1) is 13.8 Å². The molecule has 77 heavy (non-hydrogen) atoms. The first-order valence-electron chi connectivity index (χ1n) is 29.5. The molecule has 0 bridgehead atoms. The quantitative estimate of drug-likeness (QED) is 0.163. The van der Waals surface area contributed by atoms with Crippen molar-refractivity contribution in [2.75, 3.05) is 14.7 Å². The fraction of sp³-hybridized carbons (Fsp3) is 0.472. The van der Waals surface area contributed by atoms with E-state index in [4.69, 9.17) is 0 Å². The molecule has 12 rings (SSSR count). The first kappa shape index (κ1) is 52.4. The minimum atomic E-state index is -0.138. The lowest BCUT2D eigenvalue weighted by atomic mass is 9.33. The number of fused-ring (bicyclic) bond motifs is 10. The topological polar surface area (TPSA) is 9.72 Å². The van der Waals surface area contributed by atoms with Gasteiger partial charge in [0.05, 0.1) is 16.2 Å². The average Bonchev–Trinajstić information content (AvgIpc) is 3.25. The lowest BCUT2D eigenvalue weighted by Gasteiger charge is -2.52. The van der Waals surface area contributed by atoms with Gasteiger partial charge in [-0.05, 0) is 199 Å². The summed E-state index contributed by atoms with van der Waals surface area (Å²) in [4.78, 5) is 8.34. The molecule has 6 aromatic carbocycles. The van der Waals surface area contributed by atoms with Gasteiger partial charge in [0.15, 0.2) is 0 Å². The number of nitrogens with zero attached hydrogens (tertiary/aromatic N) is 3. The standard InChI is InChI=1S/C72H88BN3S/c1-43-35-46(66(6,7)8)25-29-56(43)74(57-30-26-47(36-44(57)2)67(9,10)11)50-39-58-62-59(40-50)76-63-54(71(19)31-21-22-32-72(71,76)20)37-48(68(12,13)14)38-55(63)73(62)61-51-41-52-53(70(17,18)34-33-69(52,15)16)42-60(51)77-64(61)75(58)49-27-23-45(24-28-49)65(3,4)5/h23-30,35-42H,21-22,31-34H2,1-20H3. The Kier molecular flexibility index (Phi) is 11.3. The van der Waals surface area contributed by atoms with Crippen molar-refractivity contribution in [1.29, 1.82) is 0 Å². The summed E-state index contributed by atoms with van der Waals surface area (Å²) in [5, 5.41) is 2.81. The highest BCUT2D eigenvalue weighted by Crippen LogP contribution is 2.63. The predicted octanol–water partition coefficient (Wildman–Crippen LogP) is 18.9. The molecular formula is C72H88BN3S. The first-order valence-corrected chi connectivity index (χ1v) is 30.3. The minimum absolute atomic E-state index is 0.0228. The summed E-state index contributed by atoms with van der Waals surface area (Å²) in [5.74, 6) is 0. The maximum atomic E-state index is 2.96. The van der Waals surface area contributed by atoms with E-state index in [0.29, 0.717) is 0 Å². The van der Waals surface area contributed by atoms with Crippen molar-refractivity contribution in [2.24, 2.45) is 0 Å². The molecule has 0 amide bonds. The van der Waals surface area contributed by atoms with Gasteiger partial charge < -0.3 is 14.7 Å². The van der Waals surface area contributed by atoms with Crippen molar-refractivity contribution in [3.63, 3.8) is 0 Å². The Morgan fingerprint density at radius 3 is 1.57 bits per heavy atom. The minimum Gasteiger partial charge on any atom is -0.335 e. The number of hydrogen-bond donors (Lipinski definition) is 0. The largest absolute Gasteiger partial charge is 0.335 e. The zero-order chi connectivity index (χ0) is 55.3. The number of thiophene rings is 1. The third-order valence-electron chi connectivity index (χ3n) is 20.3. The van der Waals surface area contributed by atoms with Gasteiger partial charge >= 0.3 is 0 Å². The second-order valence-corrected chi connectivity index (χ2v) is 31.7. The molecule has 7 aromatic rings. The Morgan fingerprint density at radius 2 is 1.03 bits per heavy atom. The van der Waals surface area contributed by atoms with E-state index in [-0.39, 0.29) is 50.2 Å². The molecule has 3 nitrogen and oxygen atoms in total. The van der Waals surface area contributed by atoms with Gasteiger partial charge in [-0.3, -0.25) is 0 Å². The van der Waals surface area contributed by atoms with Gasteiger partial charge in [0.25, 0.3) is 6.71 Å². The van der Waals surface area contributed by atoms with E-state index in [9.17, 15) is 0 Å². The van der Waals surface area contributed by atoms with E-state index in [1.54, 1.807) is 5.56 Å². The van der Waals surface area contributed by atoms with Gasteiger partial charge in [-0.15, -0.1) is 11.3 Å². The number of anilines is 8. The Morgan fingerprint density at radius 1 is 0.506 bits per heavy atom. The van der Waals surface area contributed by atoms with E-state index in [2.05, 4.69) is 250 Å². The highest BCUT2D eigenvalue weighted by molar-refractivity contribution is 7.26. The molecule has 0 N–H and O–H groups in total. The van der Waals surface area contributed by atoms with Crippen LogP contribution < -0.4 is 31.1 Å². The zero-order valence-electron chi connectivity index (χ0n) is 50.8. The number of hydrogen-bond acceptors (Lipinski definition) is 4. The van der Waals surface area contributed by atoms with Crippen LogP contribution in [0.5, 0.6) is 0 Å². The zero-order valence-corrected chi connectivity index (χ0v) is 51.6.